The number of carbonyl (C=O) groups is 2. The molecular weight excluding hydrogens is 537 g/mol. The molecule has 6 rings (SSSR count). The van der Waals surface area contributed by atoms with E-state index in [0.717, 1.165) is 22.4 Å². The molecule has 0 bridgehead atoms. The number of nitrogens with zero attached hydrogens (tertiary/aromatic N) is 2. The maximum Gasteiger partial charge on any atom is 0.309 e. The number of hydrogen-bond donors (Lipinski definition) is 1. The van der Waals surface area contributed by atoms with Crippen LogP contribution in [0.25, 0.3) is 28.1 Å². The van der Waals surface area contributed by atoms with Gasteiger partial charge in [0.1, 0.15) is 11.5 Å². The summed E-state index contributed by atoms with van der Waals surface area (Å²) in [4.78, 5) is 25.1. The van der Waals surface area contributed by atoms with Crippen molar-refractivity contribution < 1.29 is 28.2 Å². The van der Waals surface area contributed by atoms with E-state index in [0.29, 0.717) is 34.0 Å². The smallest absolute Gasteiger partial charge is 0.309 e. The summed E-state index contributed by atoms with van der Waals surface area (Å²) in [6.07, 6.45) is 0. The maximum atomic E-state index is 14.1. The van der Waals surface area contributed by atoms with Crippen molar-refractivity contribution in [2.45, 2.75) is 20.8 Å². The van der Waals surface area contributed by atoms with Gasteiger partial charge in [0.2, 0.25) is 12.7 Å². The van der Waals surface area contributed by atoms with Gasteiger partial charge in [-0.2, -0.15) is 9.78 Å². The van der Waals surface area contributed by atoms with Gasteiger partial charge in [0.05, 0.1) is 16.8 Å². The van der Waals surface area contributed by atoms with Crippen LogP contribution in [0.5, 0.6) is 17.4 Å². The van der Waals surface area contributed by atoms with Gasteiger partial charge in [-0.25, -0.2) is 4.39 Å². The number of esters is 1. The minimum Gasteiger partial charge on any atom is -0.454 e. The summed E-state index contributed by atoms with van der Waals surface area (Å²) >= 11 is 0. The summed E-state index contributed by atoms with van der Waals surface area (Å²) in [6.45, 7) is 5.40. The Balaban J connectivity index is 1.49. The number of carbonyl (C=O) groups excluding carboxylic acids is 2. The van der Waals surface area contributed by atoms with Crippen molar-refractivity contribution >= 4 is 17.6 Å². The van der Waals surface area contributed by atoms with Crippen LogP contribution in [-0.4, -0.2) is 28.4 Å². The Bertz CT molecular complexity index is 1850. The molecule has 42 heavy (non-hydrogen) atoms. The Labute approximate surface area is 241 Å². The molecule has 0 aliphatic carbocycles. The topological polar surface area (TPSA) is 91.7 Å². The van der Waals surface area contributed by atoms with Crippen molar-refractivity contribution in [1.29, 1.82) is 0 Å². The van der Waals surface area contributed by atoms with Crippen molar-refractivity contribution in [3.8, 4) is 45.5 Å². The molecule has 8 nitrogen and oxygen atoms in total. The van der Waals surface area contributed by atoms with E-state index in [4.69, 9.17) is 19.3 Å². The lowest BCUT2D eigenvalue weighted by molar-refractivity contribution is -0.132. The standard InChI is InChI=1S/C33H26FN3O5/c1-19-8-9-20(2)27(16-19)37-33(42-21(3)38)30(31(36-37)23-12-15-28-29(17-23)41-18-40-28)22-10-13-24(14-11-22)35-32(39)25-6-4-5-7-26(25)34/h4-17H,18H2,1-3H3,(H,35,39). The first-order valence-corrected chi connectivity index (χ1v) is 13.2. The Morgan fingerprint density at radius 1 is 0.905 bits per heavy atom. The second-order valence-corrected chi connectivity index (χ2v) is 9.90. The highest BCUT2D eigenvalue weighted by atomic mass is 19.1. The maximum absolute atomic E-state index is 14.1. The summed E-state index contributed by atoms with van der Waals surface area (Å²) < 4.78 is 32.7. The lowest BCUT2D eigenvalue weighted by Crippen LogP contribution is -2.13. The second kappa shape index (κ2) is 10.9. The third-order valence-corrected chi connectivity index (χ3v) is 6.87. The van der Waals surface area contributed by atoms with E-state index < -0.39 is 17.7 Å². The minimum atomic E-state index is -0.607. The molecule has 0 saturated heterocycles. The zero-order chi connectivity index (χ0) is 29.4. The number of aryl methyl sites for hydroxylation is 2. The van der Waals surface area contributed by atoms with Gasteiger partial charge in [-0.1, -0.05) is 36.4 Å². The summed E-state index contributed by atoms with van der Waals surface area (Å²) in [5.41, 5.74) is 5.64. The largest absolute Gasteiger partial charge is 0.454 e. The highest BCUT2D eigenvalue weighted by Crippen LogP contribution is 2.44. The number of rotatable bonds is 6. The molecule has 0 atom stereocenters. The fraction of sp³-hybridized carbons (Fsp3) is 0.121. The molecule has 5 aromatic rings. The van der Waals surface area contributed by atoms with E-state index in [1.54, 1.807) is 35.0 Å². The van der Waals surface area contributed by atoms with Crippen molar-refractivity contribution in [2.24, 2.45) is 0 Å². The van der Waals surface area contributed by atoms with Crippen LogP contribution in [0.1, 0.15) is 28.4 Å². The third-order valence-electron chi connectivity index (χ3n) is 6.87. The number of fused-ring (bicyclic) bond motifs is 1. The van der Waals surface area contributed by atoms with Gasteiger partial charge in [0, 0.05) is 18.2 Å². The predicted molar refractivity (Wildman–Crippen MR) is 156 cm³/mol. The number of halogens is 1. The first-order valence-electron chi connectivity index (χ1n) is 13.2. The van der Waals surface area contributed by atoms with Crippen molar-refractivity contribution in [1.82, 2.24) is 9.78 Å². The van der Waals surface area contributed by atoms with Crippen molar-refractivity contribution in [3.63, 3.8) is 0 Å². The molecule has 4 aromatic carbocycles. The number of benzene rings is 4. The number of hydrogen-bond acceptors (Lipinski definition) is 6. The van der Waals surface area contributed by atoms with Crippen LogP contribution in [0, 0.1) is 19.7 Å². The zero-order valence-electron chi connectivity index (χ0n) is 23.1. The Kier molecular flexibility index (Phi) is 6.92. The van der Waals surface area contributed by atoms with Crippen LogP contribution >= 0.6 is 0 Å². The first-order chi connectivity index (χ1) is 20.3. The number of nitrogens with one attached hydrogen (secondary N) is 1. The van der Waals surface area contributed by atoms with E-state index in [1.165, 1.54) is 25.1 Å². The molecule has 2 heterocycles. The molecule has 9 heteroatoms. The fourth-order valence-corrected chi connectivity index (χ4v) is 4.81. The first kappa shape index (κ1) is 26.8. The number of aromatic nitrogens is 2. The SMILES string of the molecule is CC(=O)Oc1c(-c2ccc(NC(=O)c3ccccc3F)cc2)c(-c2ccc3c(c2)OCO3)nn1-c1cc(C)ccc1C. The molecule has 1 amide bonds. The molecule has 1 N–H and O–H groups in total. The van der Waals surface area contributed by atoms with Crippen LogP contribution in [-0.2, 0) is 4.79 Å². The van der Waals surface area contributed by atoms with E-state index in [9.17, 15) is 14.0 Å². The normalized spacial score (nSPS) is 11.8. The van der Waals surface area contributed by atoms with Crippen LogP contribution in [0.2, 0.25) is 0 Å². The Hall–Kier alpha value is -5.44. The third kappa shape index (κ3) is 5.08. The quantitative estimate of drug-likeness (QED) is 0.227. The molecule has 0 saturated carbocycles. The van der Waals surface area contributed by atoms with E-state index in [1.807, 2.05) is 50.2 Å². The highest BCUT2D eigenvalue weighted by Gasteiger charge is 2.27. The van der Waals surface area contributed by atoms with E-state index in [2.05, 4.69) is 5.32 Å². The summed E-state index contributed by atoms with van der Waals surface area (Å²) in [5, 5.41) is 7.69. The van der Waals surface area contributed by atoms with Crippen LogP contribution in [0.4, 0.5) is 10.1 Å². The van der Waals surface area contributed by atoms with E-state index in [-0.39, 0.29) is 18.2 Å². The summed E-state index contributed by atoms with van der Waals surface area (Å²) in [6, 6.07) is 24.2. The van der Waals surface area contributed by atoms with Gasteiger partial charge >= 0.3 is 5.97 Å². The molecule has 1 aliphatic heterocycles. The minimum absolute atomic E-state index is 0.0568. The predicted octanol–water partition coefficient (Wildman–Crippen LogP) is 6.87. The molecule has 0 radical (unpaired) electrons. The van der Waals surface area contributed by atoms with Gasteiger partial charge in [-0.3, -0.25) is 9.59 Å². The number of anilines is 1. The number of amides is 1. The Morgan fingerprint density at radius 2 is 1.64 bits per heavy atom. The lowest BCUT2D eigenvalue weighted by Gasteiger charge is -2.12. The monoisotopic (exact) mass is 563 g/mol. The average molecular weight is 564 g/mol. The van der Waals surface area contributed by atoms with Crippen LogP contribution in [0.15, 0.2) is 84.9 Å². The Morgan fingerprint density at radius 3 is 2.40 bits per heavy atom. The van der Waals surface area contributed by atoms with Crippen LogP contribution in [0.3, 0.4) is 0 Å². The molecular formula is C33H26FN3O5. The summed E-state index contributed by atoms with van der Waals surface area (Å²) in [5.74, 6) is -0.222. The van der Waals surface area contributed by atoms with Crippen molar-refractivity contribution in [2.75, 3.05) is 12.1 Å². The zero-order valence-corrected chi connectivity index (χ0v) is 23.1. The lowest BCUT2D eigenvalue weighted by atomic mass is 10.0. The summed E-state index contributed by atoms with van der Waals surface area (Å²) in [7, 11) is 0. The van der Waals surface area contributed by atoms with Crippen LogP contribution < -0.4 is 19.5 Å². The van der Waals surface area contributed by atoms with Gasteiger partial charge in [-0.15, -0.1) is 0 Å². The second-order valence-electron chi connectivity index (χ2n) is 9.90. The number of ether oxygens (including phenoxy) is 3. The van der Waals surface area contributed by atoms with Gasteiger partial charge < -0.3 is 19.5 Å². The van der Waals surface area contributed by atoms with Gasteiger partial charge in [0.25, 0.3) is 5.91 Å². The fourth-order valence-electron chi connectivity index (χ4n) is 4.81. The van der Waals surface area contributed by atoms with E-state index >= 15 is 0 Å². The molecule has 0 unspecified atom stereocenters. The molecule has 1 aromatic heterocycles. The highest BCUT2D eigenvalue weighted by molar-refractivity contribution is 6.04. The molecule has 0 fully saturated rings. The van der Waals surface area contributed by atoms with Gasteiger partial charge in [0.15, 0.2) is 11.5 Å². The van der Waals surface area contributed by atoms with Gasteiger partial charge in [-0.05, 0) is 79.1 Å². The molecule has 0 spiro atoms. The average Bonchev–Trinajstić information content (AvgIpc) is 3.59. The van der Waals surface area contributed by atoms with Crippen molar-refractivity contribution in [3.05, 3.63) is 107 Å². The molecule has 210 valence electrons. The molecule has 1 aliphatic rings.